The lowest BCUT2D eigenvalue weighted by atomic mass is 9.73. The second-order valence-corrected chi connectivity index (χ2v) is 55.3. The molecule has 11 rings (SSSR count). The summed E-state index contributed by atoms with van der Waals surface area (Å²) >= 11 is 0. The fourth-order valence-corrected chi connectivity index (χ4v) is 21.0. The van der Waals surface area contributed by atoms with Crippen LogP contribution in [-0.2, 0) is 0 Å². The maximum absolute atomic E-state index is 2.76. The highest BCUT2D eigenvalue weighted by atomic mass is 15.4. The Balaban J connectivity index is 0.000000277. The van der Waals surface area contributed by atoms with Gasteiger partial charge in [-0.25, -0.2) is 0 Å². The van der Waals surface area contributed by atoms with E-state index in [1.165, 1.54) is 162 Å². The maximum Gasteiger partial charge on any atom is 0.0244 e. The Morgan fingerprint density at radius 1 is 0.313 bits per heavy atom. The summed E-state index contributed by atoms with van der Waals surface area (Å²) in [5, 5.41) is 0. The van der Waals surface area contributed by atoms with Crippen LogP contribution in [0.3, 0.4) is 0 Å². The molecular formula is C105H210N10. The van der Waals surface area contributed by atoms with Gasteiger partial charge in [-0.15, -0.1) is 0 Å². The van der Waals surface area contributed by atoms with E-state index in [1.54, 1.807) is 5.57 Å². The molecule has 680 valence electrons. The van der Waals surface area contributed by atoms with Crippen molar-refractivity contribution in [1.29, 1.82) is 0 Å². The third-order valence-electron chi connectivity index (χ3n) is 30.0. The standard InChI is InChI=1S/2C14H27N.C13H26N2.C13H27N.C13H25N.C13H27N.C13H25N.C12H26N2/c1-13(2,3)11-7-10-8-12(11)15(9-10)14(4,5)6;1-12(2,3)14-9-11(14)7-8-15(10-14)13(4,5)6;1-12(2,3)14-8-11-7-10(14)9-15(11)13(4,5)6;2*1-12(2,3)11-7-9-14(10-8-11)13(4,5)6;2*1-12(2,3)11-8-7-9-14(10-11)13(4,5)6;1-11(2,3)13-7-9-14(10-8-13)12(4,5)6/h10-12H,7-9H2,1-6H3;11H,7-10H2,1-6H3;10-11H,7-9H2,1-6H3;11H,7-10H2,1-6H3;7H,8-10H2,1-6H3;11H,7-10H2,1-6H3;7-8,11H,9-10H2,1-6H3;7-10H2,1-6H3. The topological polar surface area (TPSA) is 32.4 Å². The van der Waals surface area contributed by atoms with Crippen molar-refractivity contribution in [2.45, 2.75) is 470 Å². The van der Waals surface area contributed by atoms with Gasteiger partial charge in [0.2, 0.25) is 0 Å². The molecule has 9 aliphatic heterocycles. The first kappa shape index (κ1) is 106. The minimum absolute atomic E-state index is 0.300. The molecule has 11 aliphatic rings. The highest BCUT2D eigenvalue weighted by molar-refractivity contribution is 5.16. The van der Waals surface area contributed by atoms with Gasteiger partial charge in [-0.3, -0.25) is 49.0 Å². The summed E-state index contributed by atoms with van der Waals surface area (Å²) in [6.07, 6.45) is 21.1. The normalized spacial score (nSPS) is 28.6. The average Bonchev–Trinajstić information content (AvgIpc) is 1.54. The first-order chi connectivity index (χ1) is 51.1. The molecule has 10 heteroatoms. The minimum atomic E-state index is 0.300. The molecule has 0 amide bonds. The average molecular weight is 1610 g/mol. The van der Waals surface area contributed by atoms with Crippen LogP contribution in [0, 0.1) is 73.4 Å². The summed E-state index contributed by atoms with van der Waals surface area (Å²) in [5.41, 5.74) is 8.40. The zero-order valence-electron chi connectivity index (χ0n) is 87.5. The number of piperidine rings is 4. The third kappa shape index (κ3) is 32.5. The van der Waals surface area contributed by atoms with Crippen molar-refractivity contribution in [3.8, 4) is 0 Å². The molecule has 7 saturated heterocycles. The van der Waals surface area contributed by atoms with Crippen LogP contribution in [0.5, 0.6) is 0 Å². The van der Waals surface area contributed by atoms with Crippen molar-refractivity contribution < 1.29 is 0 Å². The van der Waals surface area contributed by atoms with Crippen LogP contribution >= 0.6 is 0 Å². The lowest BCUT2D eigenvalue weighted by Gasteiger charge is -2.46. The van der Waals surface area contributed by atoms with Crippen LogP contribution in [0.25, 0.3) is 0 Å². The Labute approximate surface area is 723 Å². The molecule has 9 unspecified atom stereocenters. The molecule has 0 N–H and O–H groups in total. The number of nitrogens with zero attached hydrogens (tertiary/aromatic N) is 10. The molecule has 0 radical (unpaired) electrons. The van der Waals surface area contributed by atoms with Gasteiger partial charge in [0.25, 0.3) is 0 Å². The van der Waals surface area contributed by atoms with Crippen LogP contribution in [-0.4, -0.2) is 234 Å². The van der Waals surface area contributed by atoms with Crippen molar-refractivity contribution in [2.75, 3.05) is 111 Å². The number of rotatable bonds is 0. The molecule has 0 spiro atoms. The van der Waals surface area contributed by atoms with Crippen molar-refractivity contribution in [2.24, 2.45) is 73.4 Å². The summed E-state index contributed by atoms with van der Waals surface area (Å²) in [5.74, 6) is 5.40. The number of likely N-dealkylation sites (tertiary alicyclic amines) is 6. The highest BCUT2D eigenvalue weighted by Gasteiger charge is 2.63. The van der Waals surface area contributed by atoms with Gasteiger partial charge in [0.1, 0.15) is 0 Å². The van der Waals surface area contributed by atoms with Gasteiger partial charge >= 0.3 is 0 Å². The van der Waals surface area contributed by atoms with Crippen LogP contribution in [0.1, 0.15) is 397 Å². The van der Waals surface area contributed by atoms with E-state index in [9.17, 15) is 0 Å². The summed E-state index contributed by atoms with van der Waals surface area (Å²) in [6, 6.07) is 2.46. The van der Waals surface area contributed by atoms with E-state index in [1.807, 2.05) is 0 Å². The Bertz CT molecular complexity index is 2750. The van der Waals surface area contributed by atoms with Gasteiger partial charge in [0.15, 0.2) is 0 Å². The molecule has 2 saturated carbocycles. The second-order valence-electron chi connectivity index (χ2n) is 55.3. The van der Waals surface area contributed by atoms with Crippen LogP contribution in [0.15, 0.2) is 23.8 Å². The van der Waals surface area contributed by atoms with Gasteiger partial charge in [-0.1, -0.05) is 148 Å². The fraction of sp³-hybridized carbons (Fsp3) is 0.962. The number of fused-ring (bicyclic) bond motifs is 5. The van der Waals surface area contributed by atoms with Crippen molar-refractivity contribution in [3.63, 3.8) is 0 Å². The van der Waals surface area contributed by atoms with Crippen molar-refractivity contribution in [1.82, 2.24) is 49.0 Å². The summed E-state index contributed by atoms with van der Waals surface area (Å²) < 4.78 is 0. The SMILES string of the molecule is CC(C)(C)C1=CCN(C(C)(C)C)CC1.CC(C)(C)C1C=CCN(C(C)(C)C)C1.CC(C)(C)C1CC2CC1N(C(C)(C)C)C2.CC(C)(C)C1CCCN(C(C)(C)C)C1.CC(C)(C)C1CCN(C(C)(C)C)CC1.CC(C)(C)N1CC2CC1CN2C(C)(C)C.CC(C)(C)N1CCC2CC2(C(C)(C)C)C1.CC(C)(C)N1CCN(C(C)(C)C)CC1. The van der Waals surface area contributed by atoms with Crippen molar-refractivity contribution in [3.05, 3.63) is 23.8 Å². The van der Waals surface area contributed by atoms with E-state index in [4.69, 9.17) is 0 Å². The molecule has 0 aromatic carbocycles. The predicted octanol–water partition coefficient (Wildman–Crippen LogP) is 25.5. The highest BCUT2D eigenvalue weighted by Crippen LogP contribution is 2.67. The molecular weight excluding hydrogens is 1400 g/mol. The van der Waals surface area contributed by atoms with Gasteiger partial charge in [0.05, 0.1) is 0 Å². The lowest BCUT2D eigenvalue weighted by molar-refractivity contribution is 0.0179. The summed E-state index contributed by atoms with van der Waals surface area (Å²) in [4.78, 5) is 26.4. The van der Waals surface area contributed by atoms with Gasteiger partial charge in [-0.05, 0) is 372 Å². The van der Waals surface area contributed by atoms with E-state index in [0.29, 0.717) is 99.2 Å². The van der Waals surface area contributed by atoms with Gasteiger partial charge in [0, 0.05) is 159 Å². The monoisotopic (exact) mass is 1610 g/mol. The van der Waals surface area contributed by atoms with Gasteiger partial charge in [-0.2, -0.15) is 0 Å². The van der Waals surface area contributed by atoms with E-state index < -0.39 is 0 Å². The largest absolute Gasteiger partial charge is 0.298 e. The summed E-state index contributed by atoms with van der Waals surface area (Å²) in [7, 11) is 0. The molecule has 9 fully saturated rings. The fourth-order valence-electron chi connectivity index (χ4n) is 21.0. The first-order valence-electron chi connectivity index (χ1n) is 48.0. The zero-order chi connectivity index (χ0) is 89.3. The Hall–Kier alpha value is -0.920. The third-order valence-corrected chi connectivity index (χ3v) is 30.0. The first-order valence-corrected chi connectivity index (χ1v) is 48.0. The Morgan fingerprint density at radius 2 is 0.722 bits per heavy atom. The van der Waals surface area contributed by atoms with E-state index in [-0.39, 0.29) is 0 Å². The summed E-state index contributed by atoms with van der Waals surface area (Å²) in [6.45, 7) is 134. The molecule has 9 atom stereocenters. The number of piperazine rings is 2. The molecule has 0 aromatic rings. The van der Waals surface area contributed by atoms with Crippen LogP contribution in [0.4, 0.5) is 0 Å². The second kappa shape index (κ2) is 38.9. The predicted molar refractivity (Wildman–Crippen MR) is 514 cm³/mol. The van der Waals surface area contributed by atoms with E-state index >= 15 is 0 Å². The molecule has 10 nitrogen and oxygen atoms in total. The molecule has 0 aromatic heterocycles. The molecule has 9 heterocycles. The maximum atomic E-state index is 2.76. The smallest absolute Gasteiger partial charge is 0.0244 e. The van der Waals surface area contributed by atoms with Gasteiger partial charge < -0.3 is 0 Å². The van der Waals surface area contributed by atoms with Crippen LogP contribution < -0.4 is 0 Å². The minimum Gasteiger partial charge on any atom is -0.298 e. The molecule has 4 bridgehead atoms. The lowest BCUT2D eigenvalue weighted by Crippen LogP contribution is -2.57. The van der Waals surface area contributed by atoms with E-state index in [0.717, 1.165) is 60.8 Å². The van der Waals surface area contributed by atoms with Crippen LogP contribution in [0.2, 0.25) is 0 Å². The van der Waals surface area contributed by atoms with Crippen molar-refractivity contribution >= 4 is 0 Å². The zero-order valence-corrected chi connectivity index (χ0v) is 87.5. The Morgan fingerprint density at radius 3 is 1.05 bits per heavy atom. The molecule has 115 heavy (non-hydrogen) atoms. The Kier molecular flexibility index (Phi) is 36.0. The quantitative estimate of drug-likeness (QED) is 0.219. The molecule has 2 aliphatic carbocycles. The number of hydrogen-bond donors (Lipinski definition) is 0. The number of hydrogen-bond acceptors (Lipinski definition) is 10. The van der Waals surface area contributed by atoms with E-state index in [2.05, 4.69) is 400 Å².